The van der Waals surface area contributed by atoms with E-state index in [-0.39, 0.29) is 5.78 Å². The van der Waals surface area contributed by atoms with Gasteiger partial charge in [-0.05, 0) is 45.3 Å². The third-order valence-corrected chi connectivity index (χ3v) is 6.37. The molecule has 2 aromatic rings. The minimum atomic E-state index is -0.131. The number of carbonyl (C=O) groups excluding carboxylic acids is 2. The normalized spacial score (nSPS) is 12.2. The summed E-state index contributed by atoms with van der Waals surface area (Å²) in [6, 6.07) is 0. The lowest BCUT2D eigenvalue weighted by atomic mass is 10.1. The van der Waals surface area contributed by atoms with Gasteiger partial charge in [-0.25, -0.2) is 4.98 Å². The number of H-pyrrole nitrogens is 1. The lowest BCUT2D eigenvalue weighted by molar-refractivity contribution is -0.113. The van der Waals surface area contributed by atoms with Gasteiger partial charge in [0.15, 0.2) is 5.78 Å². The number of hydrogen-bond donors (Lipinski definition) is 2. The van der Waals surface area contributed by atoms with Crippen molar-refractivity contribution >= 4 is 35.2 Å². The zero-order chi connectivity index (χ0) is 30.3. The average molecular weight is 572 g/mol. The number of allylic oxidation sites excluding steroid dienone is 5. The second-order valence-electron chi connectivity index (χ2n) is 9.06. The number of hydrogen-bond acceptors (Lipinski definition) is 6. The van der Waals surface area contributed by atoms with Crippen LogP contribution in [-0.2, 0) is 19.1 Å². The van der Waals surface area contributed by atoms with Crippen molar-refractivity contribution in [3.05, 3.63) is 64.4 Å². The van der Waals surface area contributed by atoms with Crippen LogP contribution in [0.3, 0.4) is 0 Å². The van der Waals surface area contributed by atoms with Gasteiger partial charge in [0.2, 0.25) is 6.41 Å². The molecule has 1 amide bonds. The maximum absolute atomic E-state index is 11.7. The Bertz CT molecular complexity index is 1100. The van der Waals surface area contributed by atoms with Crippen LogP contribution in [0.15, 0.2) is 48.2 Å². The van der Waals surface area contributed by atoms with E-state index in [0.29, 0.717) is 18.1 Å². The molecule has 0 aliphatic carbocycles. The number of thiazole rings is 1. The molecule has 1 atom stereocenters. The van der Waals surface area contributed by atoms with E-state index >= 15 is 0 Å². The van der Waals surface area contributed by atoms with Crippen molar-refractivity contribution < 1.29 is 19.1 Å². The first kappa shape index (κ1) is 36.9. The Balaban J connectivity index is 0.000000908. The molecule has 40 heavy (non-hydrogen) atoms. The number of nitrogens with one attached hydrogen (secondary N) is 2. The molecule has 0 aliphatic rings. The van der Waals surface area contributed by atoms with E-state index in [4.69, 9.17) is 14.5 Å². The number of rotatable bonds is 15. The van der Waals surface area contributed by atoms with Gasteiger partial charge in [0.1, 0.15) is 5.01 Å². The fourth-order valence-electron chi connectivity index (χ4n) is 3.24. The maximum atomic E-state index is 11.7. The van der Waals surface area contributed by atoms with E-state index in [2.05, 4.69) is 44.6 Å². The molecular weight excluding hydrogens is 522 g/mol. The predicted octanol–water partition coefficient (Wildman–Crippen LogP) is 7.91. The molecule has 0 saturated carbocycles. The van der Waals surface area contributed by atoms with Crippen LogP contribution < -0.4 is 5.32 Å². The summed E-state index contributed by atoms with van der Waals surface area (Å²) in [5.74, 6) is -0.131. The molecule has 0 aromatic carbocycles. The molecule has 8 heteroatoms. The fraction of sp³-hybridized carbons (Fsp3) is 0.469. The first-order chi connectivity index (χ1) is 19.2. The van der Waals surface area contributed by atoms with Gasteiger partial charge in [-0.2, -0.15) is 0 Å². The molecule has 2 heterocycles. The monoisotopic (exact) mass is 571 g/mol. The van der Waals surface area contributed by atoms with Crippen LogP contribution in [0.5, 0.6) is 0 Å². The number of amides is 1. The van der Waals surface area contributed by atoms with E-state index in [1.807, 2.05) is 37.6 Å². The molecule has 0 fully saturated rings. The molecule has 0 spiro atoms. The molecule has 0 saturated heterocycles. The van der Waals surface area contributed by atoms with Gasteiger partial charge >= 0.3 is 0 Å². The number of nitrogens with zero attached hydrogens (tertiary/aromatic N) is 1. The predicted molar refractivity (Wildman–Crippen MR) is 170 cm³/mol. The van der Waals surface area contributed by atoms with Gasteiger partial charge in [0, 0.05) is 53.9 Å². The number of methoxy groups -OCH3 is 1. The number of aryl methyl sites for hydroxylation is 1. The summed E-state index contributed by atoms with van der Waals surface area (Å²) in [4.78, 5) is 30.0. The van der Waals surface area contributed by atoms with E-state index in [1.54, 1.807) is 19.3 Å². The highest BCUT2D eigenvalue weighted by atomic mass is 32.1. The van der Waals surface area contributed by atoms with Crippen molar-refractivity contribution in [1.82, 2.24) is 15.3 Å². The highest BCUT2D eigenvalue weighted by Gasteiger charge is 2.13. The average Bonchev–Trinajstić information content (AvgIpc) is 3.56. The highest BCUT2D eigenvalue weighted by molar-refractivity contribution is 7.11. The Hall–Kier alpha value is -3.07. The van der Waals surface area contributed by atoms with Gasteiger partial charge in [0.05, 0.1) is 18.4 Å². The lowest BCUT2D eigenvalue weighted by Crippen LogP contribution is -2.18. The zero-order valence-electron chi connectivity index (χ0n) is 25.6. The van der Waals surface area contributed by atoms with Crippen LogP contribution in [0, 0.1) is 6.92 Å². The van der Waals surface area contributed by atoms with Gasteiger partial charge < -0.3 is 19.8 Å². The lowest BCUT2D eigenvalue weighted by Gasteiger charge is -2.14. The summed E-state index contributed by atoms with van der Waals surface area (Å²) in [6.45, 7) is 19.2. The number of ether oxygens (including phenoxy) is 2. The van der Waals surface area contributed by atoms with Crippen LogP contribution in [0.1, 0.15) is 83.5 Å². The maximum Gasteiger partial charge on any atom is 0.211 e. The Labute approximate surface area is 245 Å². The number of aromatic amines is 1. The quantitative estimate of drug-likeness (QED) is 0.0980. The number of aromatic nitrogens is 2. The zero-order valence-corrected chi connectivity index (χ0v) is 26.5. The van der Waals surface area contributed by atoms with Crippen molar-refractivity contribution in [3.8, 4) is 11.3 Å². The Morgan fingerprint density at radius 3 is 2.50 bits per heavy atom. The van der Waals surface area contributed by atoms with Gasteiger partial charge in [-0.15, -0.1) is 11.3 Å². The molecule has 1 unspecified atom stereocenters. The number of carbonyl (C=O) groups is 2. The van der Waals surface area contributed by atoms with E-state index < -0.39 is 0 Å². The summed E-state index contributed by atoms with van der Waals surface area (Å²) < 4.78 is 10.5. The van der Waals surface area contributed by atoms with Crippen molar-refractivity contribution in [1.29, 1.82) is 0 Å². The Morgan fingerprint density at radius 1 is 1.25 bits per heavy atom. The number of ketones is 1. The minimum absolute atomic E-state index is 0.131. The number of unbranched alkanes of at least 4 members (excludes halogenated alkanes) is 1. The van der Waals surface area contributed by atoms with Crippen LogP contribution in [0.25, 0.3) is 22.9 Å². The number of Topliss-reactive ketones (excluding diaryl/α,β-unsaturated/α-hetero) is 1. The third-order valence-electron chi connectivity index (χ3n) is 5.39. The molecule has 0 radical (unpaired) electrons. The topological polar surface area (TPSA) is 93.3 Å². The summed E-state index contributed by atoms with van der Waals surface area (Å²) in [5, 5.41) is 5.21. The summed E-state index contributed by atoms with van der Waals surface area (Å²) in [7, 11) is 1.71. The first-order valence-electron chi connectivity index (χ1n) is 13.9. The van der Waals surface area contributed by atoms with E-state index in [9.17, 15) is 9.59 Å². The smallest absolute Gasteiger partial charge is 0.211 e. The van der Waals surface area contributed by atoms with E-state index in [1.165, 1.54) is 37.3 Å². The Morgan fingerprint density at radius 2 is 1.95 bits per heavy atom. The van der Waals surface area contributed by atoms with Crippen LogP contribution >= 0.6 is 11.3 Å². The first-order valence-corrected chi connectivity index (χ1v) is 14.7. The molecule has 2 N–H and O–H groups in total. The van der Waals surface area contributed by atoms with Gasteiger partial charge in [0.25, 0.3) is 0 Å². The summed E-state index contributed by atoms with van der Waals surface area (Å²) in [5.41, 5.74) is 5.28. The van der Waals surface area contributed by atoms with Crippen molar-refractivity contribution in [2.24, 2.45) is 0 Å². The largest absolute Gasteiger partial charge is 0.382 e. The molecule has 0 aliphatic heterocycles. The summed E-state index contributed by atoms with van der Waals surface area (Å²) in [6.07, 6.45) is 16.1. The molecule has 0 bridgehead atoms. The van der Waals surface area contributed by atoms with E-state index in [0.717, 1.165) is 59.2 Å². The standard InChI is InChI=1S/C20H21N3O2S.C9H20O2.C3H8/c1-5-6-7-17-14(3)22-10-18(17)19-11-26-20(23-19)13(2)8-16(15(4)25)9-21-12-24;1-4-6-7-11-9(5-2)8-10-3;1-3-2/h5-12,22H,1H2,2-4H3,(H,21,24);9H,4-8H2,1-3H3;3H2,1-2H3/b7-6-,13-8+,16-9+;;. The molecular formula is C32H49N3O4S. The van der Waals surface area contributed by atoms with Gasteiger partial charge in [-0.3, -0.25) is 9.59 Å². The van der Waals surface area contributed by atoms with Crippen molar-refractivity contribution in [2.45, 2.75) is 80.3 Å². The second kappa shape index (κ2) is 22.7. The third kappa shape index (κ3) is 14.4. The summed E-state index contributed by atoms with van der Waals surface area (Å²) >= 11 is 1.51. The minimum Gasteiger partial charge on any atom is -0.382 e. The second-order valence-corrected chi connectivity index (χ2v) is 9.92. The van der Waals surface area contributed by atoms with Crippen LogP contribution in [0.4, 0.5) is 0 Å². The molecule has 2 aromatic heterocycles. The van der Waals surface area contributed by atoms with Crippen LogP contribution in [-0.4, -0.2) is 48.6 Å². The molecule has 7 nitrogen and oxygen atoms in total. The highest BCUT2D eigenvalue weighted by Crippen LogP contribution is 2.31. The van der Waals surface area contributed by atoms with Gasteiger partial charge in [-0.1, -0.05) is 65.3 Å². The van der Waals surface area contributed by atoms with Crippen molar-refractivity contribution in [2.75, 3.05) is 20.3 Å². The SMILES string of the molecule is C=C/C=C\c1c(-c2csc(/C(C)=C/C(=C\NC=O)C(C)=O)n2)c[nH]c1C.CCC.CCCCOC(CC)COC. The molecule has 222 valence electrons. The molecule has 2 rings (SSSR count). The van der Waals surface area contributed by atoms with Crippen LogP contribution in [0.2, 0.25) is 0 Å². The Kier molecular flexibility index (Phi) is 21.0. The van der Waals surface area contributed by atoms with Crippen molar-refractivity contribution in [3.63, 3.8) is 0 Å². The fourth-order valence-corrected chi connectivity index (χ4v) is 4.03.